The summed E-state index contributed by atoms with van der Waals surface area (Å²) in [5, 5.41) is 2.21. The Kier molecular flexibility index (Phi) is 3.02. The topological polar surface area (TPSA) is 79.6 Å². The molecule has 2 heterocycles. The molecule has 1 aromatic heterocycles. The van der Waals surface area contributed by atoms with Crippen LogP contribution in [0, 0.1) is 0 Å². The van der Waals surface area contributed by atoms with Crippen LogP contribution in [0.1, 0.15) is 24.2 Å². The van der Waals surface area contributed by atoms with E-state index in [1.54, 1.807) is 13.8 Å². The second-order valence-electron chi connectivity index (χ2n) is 4.44. The molecule has 2 rings (SSSR count). The van der Waals surface area contributed by atoms with Gasteiger partial charge in [0.05, 0.1) is 11.8 Å². The minimum absolute atomic E-state index is 0.158. The first-order valence-electron chi connectivity index (χ1n) is 5.23. The van der Waals surface area contributed by atoms with Gasteiger partial charge in [-0.05, 0) is 35.8 Å². The lowest BCUT2D eigenvalue weighted by Gasteiger charge is -2.39. The number of rotatable bonds is 1. The number of nitrogens with zero attached hydrogens (tertiary/aromatic N) is 1. The third kappa shape index (κ3) is 1.94. The fourth-order valence-corrected chi connectivity index (χ4v) is 2.11. The molecule has 7 heteroatoms. The summed E-state index contributed by atoms with van der Waals surface area (Å²) >= 11 is 3.10. The SMILES string of the molecule is CC1(C)C(=O)NC(=O)CN1C(=O)c1ccoc1Br. The Morgan fingerprint density at radius 3 is 2.72 bits per heavy atom. The first kappa shape index (κ1) is 12.8. The molecular weight excluding hydrogens is 304 g/mol. The zero-order valence-corrected chi connectivity index (χ0v) is 11.4. The average molecular weight is 315 g/mol. The maximum absolute atomic E-state index is 12.3. The highest BCUT2D eigenvalue weighted by atomic mass is 79.9. The van der Waals surface area contributed by atoms with Gasteiger partial charge in [0.25, 0.3) is 11.8 Å². The summed E-state index contributed by atoms with van der Waals surface area (Å²) < 4.78 is 5.26. The molecule has 3 amide bonds. The molecule has 0 unspecified atom stereocenters. The summed E-state index contributed by atoms with van der Waals surface area (Å²) in [6.07, 6.45) is 1.36. The van der Waals surface area contributed by atoms with E-state index in [1.165, 1.54) is 17.2 Å². The number of hydrogen-bond acceptors (Lipinski definition) is 4. The van der Waals surface area contributed by atoms with E-state index < -0.39 is 23.3 Å². The van der Waals surface area contributed by atoms with Crippen LogP contribution in [0.3, 0.4) is 0 Å². The van der Waals surface area contributed by atoms with Crippen molar-refractivity contribution < 1.29 is 18.8 Å². The number of furan rings is 1. The van der Waals surface area contributed by atoms with E-state index in [0.29, 0.717) is 0 Å². The third-order valence-corrected chi connectivity index (χ3v) is 3.49. The van der Waals surface area contributed by atoms with Gasteiger partial charge >= 0.3 is 0 Å². The molecule has 0 saturated carbocycles. The van der Waals surface area contributed by atoms with Crippen LogP contribution in [0.15, 0.2) is 21.4 Å². The highest BCUT2D eigenvalue weighted by Gasteiger charge is 2.44. The predicted octanol–water partition coefficient (Wildman–Crippen LogP) is 0.919. The Morgan fingerprint density at radius 1 is 1.50 bits per heavy atom. The lowest BCUT2D eigenvalue weighted by molar-refractivity contribution is -0.143. The van der Waals surface area contributed by atoms with Gasteiger partial charge in [0.15, 0.2) is 4.67 Å². The van der Waals surface area contributed by atoms with Crippen LogP contribution in [0.25, 0.3) is 0 Å². The zero-order chi connectivity index (χ0) is 13.5. The molecule has 1 saturated heterocycles. The molecule has 0 aromatic carbocycles. The van der Waals surface area contributed by atoms with Crippen LogP contribution >= 0.6 is 15.9 Å². The smallest absolute Gasteiger partial charge is 0.259 e. The summed E-state index contributed by atoms with van der Waals surface area (Å²) in [6.45, 7) is 3.01. The largest absolute Gasteiger partial charge is 0.457 e. The molecule has 1 fully saturated rings. The Balaban J connectivity index is 2.37. The summed E-state index contributed by atoms with van der Waals surface area (Å²) in [6, 6.07) is 1.49. The number of nitrogens with one attached hydrogen (secondary N) is 1. The first-order chi connectivity index (χ1) is 8.34. The standard InChI is InChI=1S/C11H11BrN2O4/c1-11(2)10(17)13-7(15)5-14(11)9(16)6-3-4-18-8(6)12/h3-4H,5H2,1-2H3,(H,13,15,17). The minimum atomic E-state index is -1.08. The third-order valence-electron chi connectivity index (χ3n) is 2.88. The number of imide groups is 1. The van der Waals surface area contributed by atoms with E-state index in [1.807, 2.05) is 0 Å². The second-order valence-corrected chi connectivity index (χ2v) is 5.16. The van der Waals surface area contributed by atoms with Gasteiger partial charge in [-0.15, -0.1) is 0 Å². The molecule has 0 atom stereocenters. The zero-order valence-electron chi connectivity index (χ0n) is 9.82. The number of carbonyl (C=O) groups is 3. The average Bonchev–Trinajstić information content (AvgIpc) is 2.69. The molecular formula is C11H11BrN2O4. The Hall–Kier alpha value is -1.63. The number of piperazine rings is 1. The van der Waals surface area contributed by atoms with Crippen LogP contribution in [-0.2, 0) is 9.59 Å². The molecule has 0 radical (unpaired) electrons. The van der Waals surface area contributed by atoms with Crippen molar-refractivity contribution in [2.24, 2.45) is 0 Å². The van der Waals surface area contributed by atoms with E-state index in [4.69, 9.17) is 4.42 Å². The summed E-state index contributed by atoms with van der Waals surface area (Å²) in [7, 11) is 0. The lowest BCUT2D eigenvalue weighted by Crippen LogP contribution is -2.65. The van der Waals surface area contributed by atoms with Crippen molar-refractivity contribution in [2.45, 2.75) is 19.4 Å². The molecule has 96 valence electrons. The maximum Gasteiger partial charge on any atom is 0.259 e. The van der Waals surface area contributed by atoms with E-state index in [-0.39, 0.29) is 16.8 Å². The van der Waals surface area contributed by atoms with Crippen molar-refractivity contribution in [1.29, 1.82) is 0 Å². The van der Waals surface area contributed by atoms with Crippen molar-refractivity contribution in [3.8, 4) is 0 Å². The van der Waals surface area contributed by atoms with Gasteiger partial charge in [-0.3, -0.25) is 19.7 Å². The molecule has 0 spiro atoms. The number of amides is 3. The van der Waals surface area contributed by atoms with E-state index in [0.717, 1.165) is 0 Å². The van der Waals surface area contributed by atoms with Crippen molar-refractivity contribution in [3.05, 3.63) is 22.6 Å². The van der Waals surface area contributed by atoms with E-state index >= 15 is 0 Å². The summed E-state index contributed by atoms with van der Waals surface area (Å²) in [5.74, 6) is -1.41. The highest BCUT2D eigenvalue weighted by Crippen LogP contribution is 2.25. The maximum atomic E-state index is 12.3. The van der Waals surface area contributed by atoms with Gasteiger partial charge in [0.1, 0.15) is 12.1 Å². The Bertz CT molecular complexity index is 535. The fourth-order valence-electron chi connectivity index (χ4n) is 1.70. The predicted molar refractivity (Wildman–Crippen MR) is 64.7 cm³/mol. The van der Waals surface area contributed by atoms with Crippen molar-refractivity contribution in [2.75, 3.05) is 6.54 Å². The van der Waals surface area contributed by atoms with Gasteiger partial charge < -0.3 is 9.32 Å². The van der Waals surface area contributed by atoms with Crippen molar-refractivity contribution in [1.82, 2.24) is 10.2 Å². The van der Waals surface area contributed by atoms with Crippen LogP contribution in [-0.4, -0.2) is 34.7 Å². The van der Waals surface area contributed by atoms with Crippen LogP contribution in [0.2, 0.25) is 0 Å². The molecule has 0 bridgehead atoms. The molecule has 1 aromatic rings. The molecule has 18 heavy (non-hydrogen) atoms. The number of halogens is 1. The summed E-state index contributed by atoms with van der Waals surface area (Å²) in [5.41, 5.74) is -0.799. The normalized spacial score (nSPS) is 18.7. The van der Waals surface area contributed by atoms with Crippen molar-refractivity contribution in [3.63, 3.8) is 0 Å². The Labute approximate surface area is 111 Å². The van der Waals surface area contributed by atoms with E-state index in [9.17, 15) is 14.4 Å². The minimum Gasteiger partial charge on any atom is -0.457 e. The highest BCUT2D eigenvalue weighted by molar-refractivity contribution is 9.10. The van der Waals surface area contributed by atoms with Gasteiger partial charge in [-0.2, -0.15) is 0 Å². The van der Waals surface area contributed by atoms with Crippen LogP contribution < -0.4 is 5.32 Å². The molecule has 6 nitrogen and oxygen atoms in total. The number of hydrogen-bond donors (Lipinski definition) is 1. The van der Waals surface area contributed by atoms with Gasteiger partial charge in [-0.25, -0.2) is 0 Å². The summed E-state index contributed by atoms with van der Waals surface area (Å²) in [4.78, 5) is 36.6. The van der Waals surface area contributed by atoms with Crippen molar-refractivity contribution >= 4 is 33.7 Å². The Morgan fingerprint density at radius 2 is 2.17 bits per heavy atom. The fraction of sp³-hybridized carbons (Fsp3) is 0.364. The van der Waals surface area contributed by atoms with Gasteiger partial charge in [0.2, 0.25) is 5.91 Å². The monoisotopic (exact) mass is 314 g/mol. The van der Waals surface area contributed by atoms with Gasteiger partial charge in [0, 0.05) is 0 Å². The first-order valence-corrected chi connectivity index (χ1v) is 6.02. The van der Waals surface area contributed by atoms with Crippen LogP contribution in [0.5, 0.6) is 0 Å². The lowest BCUT2D eigenvalue weighted by atomic mass is 9.98. The van der Waals surface area contributed by atoms with Crippen LogP contribution in [0.4, 0.5) is 0 Å². The van der Waals surface area contributed by atoms with Gasteiger partial charge in [-0.1, -0.05) is 0 Å². The molecule has 1 aliphatic rings. The quantitative estimate of drug-likeness (QED) is 0.782. The molecule has 1 N–H and O–H groups in total. The number of carbonyl (C=O) groups excluding carboxylic acids is 3. The van der Waals surface area contributed by atoms with E-state index in [2.05, 4.69) is 21.2 Å². The second kappa shape index (κ2) is 4.24. The molecule has 0 aliphatic carbocycles. The molecule has 1 aliphatic heterocycles.